The third-order valence-corrected chi connectivity index (χ3v) is 9.09. The first-order valence-electron chi connectivity index (χ1n) is 14.6. The van der Waals surface area contributed by atoms with Crippen LogP contribution < -0.4 is 4.74 Å². The van der Waals surface area contributed by atoms with Crippen LogP contribution in [0.15, 0.2) is 60.8 Å². The van der Waals surface area contributed by atoms with Crippen LogP contribution in [0.5, 0.6) is 5.75 Å². The Hall–Kier alpha value is -5.01. The highest BCUT2D eigenvalue weighted by Gasteiger charge is 2.30. The molecule has 6 aromatic rings. The zero-order valence-electron chi connectivity index (χ0n) is 25.3. The number of carbonyl (C=O) groups is 1. The smallest absolute Gasteiger partial charge is 0.246 e. The highest BCUT2D eigenvalue weighted by molar-refractivity contribution is 7.18. The standard InChI is InChI=1S/C33H29F2N7O3S/c1-5-28(43)41-17-21-13-24(39-42(21)16-18(41)2)32-30(29-23(35)11-20(34)12-27(29)45-8-7-44-4)33-22(6-9-46-33)31(38-32)19-10-26-25(36-14-19)15-37-40(26)3/h5-6,9-15,18H,1,7-8,16-17H2,2-4H3. The fourth-order valence-electron chi connectivity index (χ4n) is 5.91. The number of fused-ring (bicyclic) bond motifs is 3. The van der Waals surface area contributed by atoms with Crippen LogP contribution in [0.25, 0.3) is 54.9 Å². The summed E-state index contributed by atoms with van der Waals surface area (Å²) in [4.78, 5) is 24.1. The summed E-state index contributed by atoms with van der Waals surface area (Å²) in [7, 11) is 3.37. The summed E-state index contributed by atoms with van der Waals surface area (Å²) in [6, 6.07) is 7.64. The lowest BCUT2D eigenvalue weighted by Crippen LogP contribution is -2.44. The largest absolute Gasteiger partial charge is 0.490 e. The maximum Gasteiger partial charge on any atom is 0.246 e. The molecule has 1 unspecified atom stereocenters. The number of aryl methyl sites for hydroxylation is 1. The summed E-state index contributed by atoms with van der Waals surface area (Å²) in [5.41, 5.74) is 5.07. The van der Waals surface area contributed by atoms with E-state index in [2.05, 4.69) is 16.7 Å². The second-order valence-electron chi connectivity index (χ2n) is 11.1. The van der Waals surface area contributed by atoms with Gasteiger partial charge in [-0.1, -0.05) is 6.58 Å². The van der Waals surface area contributed by atoms with Crippen molar-refractivity contribution < 1.29 is 23.0 Å². The van der Waals surface area contributed by atoms with E-state index in [0.29, 0.717) is 35.7 Å². The highest BCUT2D eigenvalue weighted by Crippen LogP contribution is 2.47. The molecule has 1 aliphatic rings. The molecule has 0 bridgehead atoms. The number of hydrogen-bond acceptors (Lipinski definition) is 8. The van der Waals surface area contributed by atoms with Gasteiger partial charge in [-0.05, 0) is 36.6 Å². The van der Waals surface area contributed by atoms with Crippen molar-refractivity contribution >= 4 is 38.4 Å². The summed E-state index contributed by atoms with van der Waals surface area (Å²) >= 11 is 1.41. The number of hydrogen-bond donors (Lipinski definition) is 0. The minimum atomic E-state index is -0.795. The molecule has 0 spiro atoms. The van der Waals surface area contributed by atoms with E-state index in [1.165, 1.54) is 30.6 Å². The van der Waals surface area contributed by atoms with Crippen LogP contribution in [0.2, 0.25) is 0 Å². The summed E-state index contributed by atoms with van der Waals surface area (Å²) in [5, 5.41) is 11.9. The molecular formula is C33H29F2N7O3S. The number of thiophene rings is 1. The van der Waals surface area contributed by atoms with Gasteiger partial charge in [0.15, 0.2) is 0 Å². The van der Waals surface area contributed by atoms with Crippen LogP contribution >= 0.6 is 11.3 Å². The minimum absolute atomic E-state index is 0.0263. The Morgan fingerprint density at radius 3 is 2.80 bits per heavy atom. The molecule has 13 heteroatoms. The summed E-state index contributed by atoms with van der Waals surface area (Å²) in [6.45, 7) is 6.68. The third kappa shape index (κ3) is 5.01. The van der Waals surface area contributed by atoms with Crippen LogP contribution in [0.1, 0.15) is 12.6 Å². The van der Waals surface area contributed by atoms with Gasteiger partial charge < -0.3 is 14.4 Å². The Bertz CT molecular complexity index is 2150. The van der Waals surface area contributed by atoms with Crippen LogP contribution in [0.3, 0.4) is 0 Å². The van der Waals surface area contributed by atoms with Crippen LogP contribution in [0, 0.1) is 11.6 Å². The van der Waals surface area contributed by atoms with Crippen molar-refractivity contribution in [2.75, 3.05) is 20.3 Å². The second-order valence-corrected chi connectivity index (χ2v) is 12.0. The average Bonchev–Trinajstić information content (AvgIpc) is 3.78. The van der Waals surface area contributed by atoms with Crippen molar-refractivity contribution in [2.24, 2.45) is 7.05 Å². The molecule has 1 atom stereocenters. The molecule has 0 saturated carbocycles. The Labute approximate surface area is 266 Å². The van der Waals surface area contributed by atoms with Crippen molar-refractivity contribution in [2.45, 2.75) is 26.1 Å². The fraction of sp³-hybridized carbons (Fsp3) is 0.242. The van der Waals surface area contributed by atoms with Crippen molar-refractivity contribution in [3.05, 3.63) is 78.1 Å². The Morgan fingerprint density at radius 2 is 2.00 bits per heavy atom. The number of rotatable bonds is 8. The van der Waals surface area contributed by atoms with Crippen molar-refractivity contribution in [1.29, 1.82) is 0 Å². The number of halogens is 2. The predicted octanol–water partition coefficient (Wildman–Crippen LogP) is 6.00. The first-order chi connectivity index (χ1) is 22.3. The van der Waals surface area contributed by atoms with E-state index >= 15 is 4.39 Å². The first-order valence-corrected chi connectivity index (χ1v) is 15.5. The molecule has 234 valence electrons. The van der Waals surface area contributed by atoms with Gasteiger partial charge in [0, 0.05) is 59.7 Å². The molecule has 0 N–H and O–H groups in total. The molecule has 0 radical (unpaired) electrons. The molecule has 0 saturated heterocycles. The zero-order valence-corrected chi connectivity index (χ0v) is 26.1. The van der Waals surface area contributed by atoms with Gasteiger partial charge in [-0.2, -0.15) is 10.2 Å². The van der Waals surface area contributed by atoms with Gasteiger partial charge >= 0.3 is 0 Å². The van der Waals surface area contributed by atoms with Crippen LogP contribution in [-0.2, 0) is 29.7 Å². The van der Waals surface area contributed by atoms with Gasteiger partial charge in [-0.3, -0.25) is 19.1 Å². The van der Waals surface area contributed by atoms with E-state index in [1.807, 2.05) is 42.2 Å². The number of benzene rings is 1. The summed E-state index contributed by atoms with van der Waals surface area (Å²) in [5.74, 6) is -1.71. The third-order valence-electron chi connectivity index (χ3n) is 8.16. The lowest BCUT2D eigenvalue weighted by Gasteiger charge is -2.33. The Balaban J connectivity index is 1.50. The quantitative estimate of drug-likeness (QED) is 0.149. The highest BCUT2D eigenvalue weighted by atomic mass is 32.1. The van der Waals surface area contributed by atoms with E-state index in [-0.39, 0.29) is 36.5 Å². The van der Waals surface area contributed by atoms with Crippen molar-refractivity contribution in [1.82, 2.24) is 34.4 Å². The van der Waals surface area contributed by atoms with E-state index in [4.69, 9.17) is 19.6 Å². The van der Waals surface area contributed by atoms with E-state index in [0.717, 1.165) is 38.4 Å². The van der Waals surface area contributed by atoms with Gasteiger partial charge in [-0.15, -0.1) is 11.3 Å². The molecule has 46 heavy (non-hydrogen) atoms. The van der Waals surface area contributed by atoms with Crippen molar-refractivity contribution in [3.63, 3.8) is 0 Å². The van der Waals surface area contributed by atoms with E-state index in [1.54, 1.807) is 22.0 Å². The summed E-state index contributed by atoms with van der Waals surface area (Å²) in [6.07, 6.45) is 4.74. The van der Waals surface area contributed by atoms with E-state index < -0.39 is 11.6 Å². The van der Waals surface area contributed by atoms with Crippen molar-refractivity contribution in [3.8, 4) is 39.5 Å². The molecule has 5 aromatic heterocycles. The Kier molecular flexibility index (Phi) is 7.57. The van der Waals surface area contributed by atoms with Crippen LogP contribution in [0.4, 0.5) is 8.78 Å². The number of pyridine rings is 2. The molecule has 10 nitrogen and oxygen atoms in total. The number of aromatic nitrogens is 6. The minimum Gasteiger partial charge on any atom is -0.490 e. The fourth-order valence-corrected chi connectivity index (χ4v) is 6.86. The lowest BCUT2D eigenvalue weighted by atomic mass is 9.96. The first kappa shape index (κ1) is 29.7. The Morgan fingerprint density at radius 1 is 1.15 bits per heavy atom. The molecule has 0 aliphatic carbocycles. The average molecular weight is 642 g/mol. The maximum atomic E-state index is 16.0. The molecule has 1 aliphatic heterocycles. The number of methoxy groups -OCH3 is 1. The number of nitrogens with zero attached hydrogens (tertiary/aromatic N) is 7. The number of carbonyl (C=O) groups excluding carboxylic acids is 1. The molecule has 0 fully saturated rings. The molecule has 7 rings (SSSR count). The molecule has 1 aromatic carbocycles. The second kappa shape index (κ2) is 11.7. The van der Waals surface area contributed by atoms with Gasteiger partial charge in [0.05, 0.1) is 48.4 Å². The van der Waals surface area contributed by atoms with E-state index in [9.17, 15) is 9.18 Å². The molecule has 1 amide bonds. The lowest BCUT2D eigenvalue weighted by molar-refractivity contribution is -0.129. The van der Waals surface area contributed by atoms with Gasteiger partial charge in [0.25, 0.3) is 0 Å². The number of amides is 1. The molecular weight excluding hydrogens is 612 g/mol. The van der Waals surface area contributed by atoms with Gasteiger partial charge in [-0.25, -0.2) is 13.8 Å². The summed E-state index contributed by atoms with van der Waals surface area (Å²) < 4.78 is 46.0. The monoisotopic (exact) mass is 641 g/mol. The topological polar surface area (TPSA) is 100 Å². The molecule has 6 heterocycles. The maximum absolute atomic E-state index is 16.0. The van der Waals surface area contributed by atoms with Crippen LogP contribution in [-0.4, -0.2) is 66.7 Å². The SMILES string of the molecule is C=CC(=O)N1Cc2cc(-c3nc(-c4cnc5cnn(C)c5c4)c4ccsc4c3-c3c(F)cc(F)cc3OCCOC)nn2CC1C. The number of ether oxygens (including phenoxy) is 2. The zero-order chi connectivity index (χ0) is 32.1. The van der Waals surface area contributed by atoms with Gasteiger partial charge in [0.2, 0.25) is 5.91 Å². The normalized spacial score (nSPS) is 14.6. The van der Waals surface area contributed by atoms with Gasteiger partial charge in [0.1, 0.15) is 40.9 Å². The predicted molar refractivity (Wildman–Crippen MR) is 171 cm³/mol.